The number of anilines is 2. The summed E-state index contributed by atoms with van der Waals surface area (Å²) >= 11 is 0. The molecule has 3 atom stereocenters. The molecule has 0 radical (unpaired) electrons. The first kappa shape index (κ1) is 18.4. The number of hydrogen-bond donors (Lipinski definition) is 1. The number of aromatic hydroxyl groups is 1. The van der Waals surface area contributed by atoms with Gasteiger partial charge in [0.05, 0.1) is 17.4 Å². The molecule has 150 valence electrons. The summed E-state index contributed by atoms with van der Waals surface area (Å²) in [6, 6.07) is 22.9. The molecule has 2 fully saturated rings. The summed E-state index contributed by atoms with van der Waals surface area (Å²) in [6.45, 7) is 1.92. The first-order valence-electron chi connectivity index (χ1n) is 9.79. The highest BCUT2D eigenvalue weighted by molar-refractivity contribution is 6.23. The molecule has 0 aliphatic carbocycles. The van der Waals surface area contributed by atoms with Crippen molar-refractivity contribution in [1.82, 2.24) is 0 Å². The van der Waals surface area contributed by atoms with E-state index < -0.39 is 18.1 Å². The Kier molecular flexibility index (Phi) is 4.29. The third-order valence-electron chi connectivity index (χ3n) is 5.62. The highest BCUT2D eigenvalue weighted by Crippen LogP contribution is 2.47. The second-order valence-electron chi connectivity index (χ2n) is 7.60. The standard InChI is InChI=1S/C24H20N2O4/c1-15-6-5-9-18(14-15)25-23(28)20-21(16-10-12-19(27)13-11-16)26(30-22(20)24(25)29)17-7-3-2-4-8-17/h2-14,20-22,27H,1H3/t20-,21-,22+/m0/s1. The van der Waals surface area contributed by atoms with Crippen LogP contribution in [0.5, 0.6) is 5.75 Å². The van der Waals surface area contributed by atoms with Crippen molar-refractivity contribution in [2.45, 2.75) is 19.1 Å². The molecule has 6 nitrogen and oxygen atoms in total. The van der Waals surface area contributed by atoms with Gasteiger partial charge >= 0.3 is 0 Å². The van der Waals surface area contributed by atoms with Crippen LogP contribution in [0, 0.1) is 12.8 Å². The second-order valence-corrected chi connectivity index (χ2v) is 7.60. The molecule has 3 aromatic carbocycles. The lowest BCUT2D eigenvalue weighted by atomic mass is 9.90. The minimum absolute atomic E-state index is 0.135. The highest BCUT2D eigenvalue weighted by atomic mass is 16.7. The molecule has 2 heterocycles. The van der Waals surface area contributed by atoms with Gasteiger partial charge in [0.25, 0.3) is 5.91 Å². The molecule has 0 saturated carbocycles. The van der Waals surface area contributed by atoms with Gasteiger partial charge in [0.15, 0.2) is 6.10 Å². The molecule has 1 N–H and O–H groups in total. The Labute approximate surface area is 173 Å². The zero-order chi connectivity index (χ0) is 20.8. The molecule has 2 amide bonds. The Morgan fingerprint density at radius 2 is 1.53 bits per heavy atom. The van der Waals surface area contributed by atoms with Gasteiger partial charge in [-0.05, 0) is 54.4 Å². The van der Waals surface area contributed by atoms with Crippen LogP contribution >= 0.6 is 0 Å². The number of carbonyl (C=O) groups is 2. The molecule has 0 bridgehead atoms. The van der Waals surface area contributed by atoms with Gasteiger partial charge in [-0.15, -0.1) is 0 Å². The number of carbonyl (C=O) groups excluding carboxylic acids is 2. The number of hydroxylamine groups is 1. The Morgan fingerprint density at radius 1 is 0.833 bits per heavy atom. The summed E-state index contributed by atoms with van der Waals surface area (Å²) in [5.41, 5.74) is 3.06. The third-order valence-corrected chi connectivity index (χ3v) is 5.62. The van der Waals surface area contributed by atoms with Crippen molar-refractivity contribution >= 4 is 23.2 Å². The topological polar surface area (TPSA) is 70.1 Å². The van der Waals surface area contributed by atoms with Crippen LogP contribution in [0.3, 0.4) is 0 Å². The number of phenols is 1. The third kappa shape index (κ3) is 2.84. The van der Waals surface area contributed by atoms with Gasteiger partial charge in [0.2, 0.25) is 5.91 Å². The molecule has 2 aliphatic heterocycles. The Morgan fingerprint density at radius 3 is 2.23 bits per heavy atom. The van der Waals surface area contributed by atoms with E-state index in [4.69, 9.17) is 4.84 Å². The van der Waals surface area contributed by atoms with Gasteiger partial charge in [-0.25, -0.2) is 9.96 Å². The monoisotopic (exact) mass is 400 g/mol. The van der Waals surface area contributed by atoms with Gasteiger partial charge < -0.3 is 5.11 Å². The number of hydrogen-bond acceptors (Lipinski definition) is 5. The zero-order valence-corrected chi connectivity index (χ0v) is 16.3. The van der Waals surface area contributed by atoms with E-state index in [9.17, 15) is 14.7 Å². The maximum absolute atomic E-state index is 13.5. The second kappa shape index (κ2) is 7.00. The van der Waals surface area contributed by atoms with Gasteiger partial charge in [0.1, 0.15) is 11.7 Å². The average Bonchev–Trinajstić information content (AvgIpc) is 3.26. The normalized spacial score (nSPS) is 23.2. The molecule has 2 aliphatic rings. The van der Waals surface area contributed by atoms with Crippen LogP contribution < -0.4 is 9.96 Å². The van der Waals surface area contributed by atoms with E-state index in [0.717, 1.165) is 16.8 Å². The van der Waals surface area contributed by atoms with Crippen molar-refractivity contribution in [3.63, 3.8) is 0 Å². The predicted octanol–water partition coefficient (Wildman–Crippen LogP) is 3.75. The fourth-order valence-corrected chi connectivity index (χ4v) is 4.25. The molecule has 30 heavy (non-hydrogen) atoms. The molecular weight excluding hydrogens is 380 g/mol. The summed E-state index contributed by atoms with van der Waals surface area (Å²) in [5, 5.41) is 11.4. The number of fused-ring (bicyclic) bond motifs is 1. The van der Waals surface area contributed by atoms with Gasteiger partial charge in [0, 0.05) is 0 Å². The number of amides is 2. The number of phenolic OH excluding ortho intramolecular Hbond substituents is 1. The lowest BCUT2D eigenvalue weighted by Crippen LogP contribution is -2.37. The molecule has 0 unspecified atom stereocenters. The molecule has 5 rings (SSSR count). The summed E-state index contributed by atoms with van der Waals surface area (Å²) in [7, 11) is 0. The first-order chi connectivity index (χ1) is 14.5. The van der Waals surface area contributed by atoms with Crippen LogP contribution in [0.15, 0.2) is 78.9 Å². The predicted molar refractivity (Wildman–Crippen MR) is 112 cm³/mol. The highest BCUT2D eigenvalue weighted by Gasteiger charge is 2.60. The molecule has 3 aromatic rings. The van der Waals surface area contributed by atoms with Crippen molar-refractivity contribution < 1.29 is 19.5 Å². The number of benzene rings is 3. The van der Waals surface area contributed by atoms with Crippen molar-refractivity contribution in [1.29, 1.82) is 0 Å². The van der Waals surface area contributed by atoms with E-state index >= 15 is 0 Å². The van der Waals surface area contributed by atoms with Crippen molar-refractivity contribution in [3.8, 4) is 5.75 Å². The summed E-state index contributed by atoms with van der Waals surface area (Å²) < 4.78 is 0. The number of rotatable bonds is 3. The molecule has 0 spiro atoms. The minimum atomic E-state index is -0.906. The molecule has 6 heteroatoms. The Balaban J connectivity index is 1.59. The maximum atomic E-state index is 13.5. The minimum Gasteiger partial charge on any atom is -0.508 e. The zero-order valence-electron chi connectivity index (χ0n) is 16.3. The van der Waals surface area contributed by atoms with Gasteiger partial charge in [-0.3, -0.25) is 14.4 Å². The van der Waals surface area contributed by atoms with E-state index in [1.54, 1.807) is 35.4 Å². The number of imide groups is 1. The largest absolute Gasteiger partial charge is 0.508 e. The van der Waals surface area contributed by atoms with Crippen molar-refractivity contribution in [2.24, 2.45) is 5.92 Å². The van der Waals surface area contributed by atoms with E-state index in [0.29, 0.717) is 5.69 Å². The van der Waals surface area contributed by atoms with Crippen LogP contribution in [-0.4, -0.2) is 23.0 Å². The summed E-state index contributed by atoms with van der Waals surface area (Å²) in [6.07, 6.45) is -0.906. The number of aryl methyl sites for hydroxylation is 1. The number of para-hydroxylation sites is 1. The van der Waals surface area contributed by atoms with E-state index in [1.165, 1.54) is 4.90 Å². The Bertz CT molecular complexity index is 1110. The molecular formula is C24H20N2O4. The van der Waals surface area contributed by atoms with Gasteiger partial charge in [-0.2, -0.15) is 0 Å². The average molecular weight is 400 g/mol. The molecule has 2 saturated heterocycles. The first-order valence-corrected chi connectivity index (χ1v) is 9.79. The smallest absolute Gasteiger partial charge is 0.266 e. The fraction of sp³-hybridized carbons (Fsp3) is 0.167. The lowest BCUT2D eigenvalue weighted by molar-refractivity contribution is -0.126. The lowest BCUT2D eigenvalue weighted by Gasteiger charge is -2.28. The van der Waals surface area contributed by atoms with Crippen molar-refractivity contribution in [2.75, 3.05) is 9.96 Å². The summed E-state index contributed by atoms with van der Waals surface area (Å²) in [5.74, 6) is -1.21. The van der Waals surface area contributed by atoms with E-state index in [1.807, 2.05) is 55.5 Å². The quantitative estimate of drug-likeness (QED) is 0.678. The Hall–Kier alpha value is -3.64. The van der Waals surface area contributed by atoms with Crippen LogP contribution in [-0.2, 0) is 14.4 Å². The van der Waals surface area contributed by atoms with Gasteiger partial charge in [-0.1, -0.05) is 42.5 Å². The van der Waals surface area contributed by atoms with Crippen LogP contribution in [0.25, 0.3) is 0 Å². The maximum Gasteiger partial charge on any atom is 0.266 e. The van der Waals surface area contributed by atoms with Crippen molar-refractivity contribution in [3.05, 3.63) is 90.0 Å². The fourth-order valence-electron chi connectivity index (χ4n) is 4.25. The van der Waals surface area contributed by atoms with Crippen LogP contribution in [0.4, 0.5) is 11.4 Å². The summed E-state index contributed by atoms with van der Waals surface area (Å²) in [4.78, 5) is 34.0. The molecule has 0 aromatic heterocycles. The SMILES string of the molecule is Cc1cccc(N2C(=O)[C@@H]3[C@@H](ON(c4ccccc4)[C@H]3c3ccc(O)cc3)C2=O)c1. The van der Waals surface area contributed by atoms with E-state index in [2.05, 4.69) is 0 Å². The van der Waals surface area contributed by atoms with E-state index in [-0.39, 0.29) is 17.6 Å². The van der Waals surface area contributed by atoms with Crippen LogP contribution in [0.2, 0.25) is 0 Å². The number of nitrogens with zero attached hydrogens (tertiary/aromatic N) is 2. The van der Waals surface area contributed by atoms with Crippen LogP contribution in [0.1, 0.15) is 17.2 Å².